The van der Waals surface area contributed by atoms with Crippen LogP contribution in [0.2, 0.25) is 0 Å². The molecule has 0 aromatic carbocycles. The van der Waals surface area contributed by atoms with Gasteiger partial charge in [0.25, 0.3) is 0 Å². The van der Waals surface area contributed by atoms with E-state index in [1.807, 2.05) is 6.92 Å². The Kier molecular flexibility index (Phi) is 16.0. The molecule has 0 fully saturated rings. The molecule has 1 atom stereocenters. The van der Waals surface area contributed by atoms with Gasteiger partial charge >= 0.3 is 29.6 Å². The van der Waals surface area contributed by atoms with E-state index in [0.29, 0.717) is 12.8 Å². The van der Waals surface area contributed by atoms with Crippen LogP contribution in [0.25, 0.3) is 0 Å². The molecule has 1 unspecified atom stereocenters. The van der Waals surface area contributed by atoms with Gasteiger partial charge in [-0.1, -0.05) is 52.4 Å². The average Bonchev–Trinajstić information content (AvgIpc) is 2.33. The van der Waals surface area contributed by atoms with Crippen LogP contribution in [0.5, 0.6) is 0 Å². The van der Waals surface area contributed by atoms with Crippen molar-refractivity contribution in [2.75, 3.05) is 0 Å². The zero-order valence-electron chi connectivity index (χ0n) is 12.7. The third-order valence-corrected chi connectivity index (χ3v) is 2.97. The quantitative estimate of drug-likeness (QED) is 0.380. The topological polar surface area (TPSA) is 69.2 Å². The second kappa shape index (κ2) is 14.4. The smallest absolute Gasteiger partial charge is 0.548 e. The fraction of sp³-hybridized carbons (Fsp3) is 0.857. The number of amides is 1. The molecule has 0 bridgehead atoms. The van der Waals surface area contributed by atoms with Gasteiger partial charge < -0.3 is 15.2 Å². The van der Waals surface area contributed by atoms with Gasteiger partial charge in [0.05, 0.1) is 12.0 Å². The van der Waals surface area contributed by atoms with Crippen molar-refractivity contribution >= 4 is 11.9 Å². The van der Waals surface area contributed by atoms with Gasteiger partial charge in [-0.2, -0.15) is 0 Å². The Bertz CT molecular complexity index is 247. The summed E-state index contributed by atoms with van der Waals surface area (Å²) in [5, 5.41) is 13.4. The van der Waals surface area contributed by atoms with Gasteiger partial charge in [0.15, 0.2) is 0 Å². The molecular weight excluding hydrogens is 253 g/mol. The Morgan fingerprint density at radius 1 is 1.00 bits per heavy atom. The van der Waals surface area contributed by atoms with Crippen LogP contribution in [0.15, 0.2) is 0 Å². The molecule has 0 rings (SSSR count). The molecule has 0 saturated carbocycles. The second-order valence-electron chi connectivity index (χ2n) is 4.75. The summed E-state index contributed by atoms with van der Waals surface area (Å²) in [7, 11) is 0. The van der Waals surface area contributed by atoms with E-state index in [1.54, 1.807) is 0 Å². The number of aliphatic carboxylic acids is 1. The first-order valence-corrected chi connectivity index (χ1v) is 7.12. The number of carbonyl (C=O) groups excluding carboxylic acids is 2. The van der Waals surface area contributed by atoms with E-state index >= 15 is 0 Å². The number of hydrogen-bond acceptors (Lipinski definition) is 3. The molecule has 0 aliphatic heterocycles. The fourth-order valence-electron chi connectivity index (χ4n) is 1.81. The summed E-state index contributed by atoms with van der Waals surface area (Å²) in [6.07, 6.45) is 7.96. The number of nitrogens with one attached hydrogen (secondary N) is 1. The van der Waals surface area contributed by atoms with Gasteiger partial charge in [0.1, 0.15) is 0 Å². The van der Waals surface area contributed by atoms with E-state index in [-0.39, 0.29) is 35.5 Å². The Morgan fingerprint density at radius 2 is 1.58 bits per heavy atom. The van der Waals surface area contributed by atoms with Crippen molar-refractivity contribution in [1.29, 1.82) is 0 Å². The van der Waals surface area contributed by atoms with Crippen molar-refractivity contribution in [3.8, 4) is 0 Å². The van der Waals surface area contributed by atoms with Gasteiger partial charge in [-0.05, 0) is 12.8 Å². The van der Waals surface area contributed by atoms with Crippen LogP contribution < -0.4 is 40.0 Å². The normalized spacial score (nSPS) is 11.5. The Labute approximate surface area is 139 Å². The molecule has 0 saturated heterocycles. The summed E-state index contributed by atoms with van der Waals surface area (Å²) >= 11 is 0. The van der Waals surface area contributed by atoms with Gasteiger partial charge in [-0.25, -0.2) is 0 Å². The third kappa shape index (κ3) is 12.7. The molecule has 1 amide bonds. The van der Waals surface area contributed by atoms with E-state index in [0.717, 1.165) is 32.1 Å². The minimum Gasteiger partial charge on any atom is -0.548 e. The molecule has 0 spiro atoms. The summed E-state index contributed by atoms with van der Waals surface area (Å²) in [5.41, 5.74) is 0. The predicted octanol–water partition coefficient (Wildman–Crippen LogP) is -1.22. The van der Waals surface area contributed by atoms with Crippen molar-refractivity contribution < 1.29 is 44.3 Å². The van der Waals surface area contributed by atoms with E-state index in [2.05, 4.69) is 12.2 Å². The van der Waals surface area contributed by atoms with Gasteiger partial charge in [0.2, 0.25) is 5.91 Å². The fourth-order valence-corrected chi connectivity index (χ4v) is 1.81. The van der Waals surface area contributed by atoms with Gasteiger partial charge in [-0.3, -0.25) is 4.79 Å². The summed E-state index contributed by atoms with van der Waals surface area (Å²) in [4.78, 5) is 22.4. The molecule has 0 heterocycles. The summed E-state index contributed by atoms with van der Waals surface area (Å²) in [6.45, 7) is 4.13. The first kappa shape index (κ1) is 21.2. The van der Waals surface area contributed by atoms with E-state index in [4.69, 9.17) is 0 Å². The van der Waals surface area contributed by atoms with E-state index < -0.39 is 12.0 Å². The third-order valence-electron chi connectivity index (χ3n) is 2.97. The number of rotatable bonds is 11. The predicted molar refractivity (Wildman–Crippen MR) is 69.8 cm³/mol. The Morgan fingerprint density at radius 3 is 2.11 bits per heavy atom. The molecule has 0 aliphatic carbocycles. The zero-order valence-corrected chi connectivity index (χ0v) is 14.7. The van der Waals surface area contributed by atoms with Crippen molar-refractivity contribution in [1.82, 2.24) is 5.32 Å². The van der Waals surface area contributed by atoms with Crippen LogP contribution in [0.4, 0.5) is 0 Å². The first-order valence-electron chi connectivity index (χ1n) is 7.12. The molecule has 1 N–H and O–H groups in total. The molecule has 19 heavy (non-hydrogen) atoms. The standard InChI is InChI=1S/C14H27NO3.Na/c1-3-5-7-8-9-11-13(16)15-12(14(17)18)10-6-4-2;/h12H,3-11H2,1-2H3,(H,15,16)(H,17,18);/q;+1/p-1. The Hall–Kier alpha value is -0.0600. The Balaban J connectivity index is 0. The number of carboxylic acids is 1. The van der Waals surface area contributed by atoms with Crippen LogP contribution in [-0.2, 0) is 9.59 Å². The van der Waals surface area contributed by atoms with Crippen LogP contribution in [0.3, 0.4) is 0 Å². The first-order chi connectivity index (χ1) is 8.61. The summed E-state index contributed by atoms with van der Waals surface area (Å²) in [6, 6.07) is -0.826. The monoisotopic (exact) mass is 279 g/mol. The largest absolute Gasteiger partial charge is 1.00 e. The molecule has 5 heteroatoms. The maximum Gasteiger partial charge on any atom is 1.00 e. The number of carboxylic acid groups (broad SMARTS) is 1. The maximum absolute atomic E-state index is 11.6. The number of hydrogen-bond donors (Lipinski definition) is 1. The van der Waals surface area contributed by atoms with Crippen LogP contribution in [0.1, 0.15) is 71.6 Å². The summed E-state index contributed by atoms with van der Waals surface area (Å²) < 4.78 is 0. The molecular formula is C14H26NNaO3. The zero-order chi connectivity index (χ0) is 13.8. The maximum atomic E-state index is 11.6. The molecule has 0 aromatic heterocycles. The van der Waals surface area contributed by atoms with Crippen molar-refractivity contribution in [2.45, 2.75) is 77.7 Å². The van der Waals surface area contributed by atoms with Crippen molar-refractivity contribution in [3.63, 3.8) is 0 Å². The van der Waals surface area contributed by atoms with Crippen molar-refractivity contribution in [3.05, 3.63) is 0 Å². The minimum atomic E-state index is -1.18. The molecule has 0 aromatic rings. The van der Waals surface area contributed by atoms with Crippen LogP contribution in [0, 0.1) is 0 Å². The number of unbranched alkanes of at least 4 members (excludes halogenated alkanes) is 5. The molecule has 0 radical (unpaired) electrons. The van der Waals surface area contributed by atoms with Crippen LogP contribution >= 0.6 is 0 Å². The van der Waals surface area contributed by atoms with Crippen molar-refractivity contribution in [2.24, 2.45) is 0 Å². The minimum absolute atomic E-state index is 0. The van der Waals surface area contributed by atoms with Crippen LogP contribution in [-0.4, -0.2) is 17.9 Å². The average molecular weight is 279 g/mol. The van der Waals surface area contributed by atoms with Gasteiger partial charge in [0, 0.05) is 6.42 Å². The summed E-state index contributed by atoms with van der Waals surface area (Å²) in [5.74, 6) is -1.35. The number of carbonyl (C=O) groups is 2. The second-order valence-corrected chi connectivity index (χ2v) is 4.75. The van der Waals surface area contributed by atoms with E-state index in [9.17, 15) is 14.7 Å². The molecule has 0 aliphatic rings. The molecule has 4 nitrogen and oxygen atoms in total. The molecule has 106 valence electrons. The SMILES string of the molecule is CCCCCCCC(=O)NC(CCCC)C(=O)[O-].[Na+]. The van der Waals surface area contributed by atoms with Gasteiger partial charge in [-0.15, -0.1) is 0 Å². The van der Waals surface area contributed by atoms with E-state index in [1.165, 1.54) is 12.8 Å².